The third kappa shape index (κ3) is 2.13. The van der Waals surface area contributed by atoms with Gasteiger partial charge in [-0.25, -0.2) is 0 Å². The molecule has 4 aliphatic carbocycles. The number of hydrogen-bond donors (Lipinski definition) is 3. The summed E-state index contributed by atoms with van der Waals surface area (Å²) in [7, 11) is 0. The van der Waals surface area contributed by atoms with E-state index in [0.29, 0.717) is 26.6 Å². The first-order valence-corrected chi connectivity index (χ1v) is 10.7. The summed E-state index contributed by atoms with van der Waals surface area (Å²) in [6.07, 6.45) is 11.8. The lowest BCUT2D eigenvalue weighted by atomic mass is 9.48. The molecule has 0 heterocycles. The van der Waals surface area contributed by atoms with E-state index < -0.39 is 0 Å². The van der Waals surface area contributed by atoms with E-state index in [0.717, 1.165) is 17.8 Å². The average molecular weight is 355 g/mol. The van der Waals surface area contributed by atoms with Crippen molar-refractivity contribution >= 4 is 37.9 Å². The van der Waals surface area contributed by atoms with Crippen LogP contribution in [0.1, 0.15) is 58.8 Å². The minimum absolute atomic E-state index is 0.430. The highest BCUT2D eigenvalue weighted by atomic mass is 32.1. The second-order valence-corrected chi connectivity index (χ2v) is 10.9. The van der Waals surface area contributed by atoms with E-state index in [9.17, 15) is 0 Å². The van der Waals surface area contributed by atoms with Crippen LogP contribution in [0.2, 0.25) is 0 Å². The van der Waals surface area contributed by atoms with E-state index in [1.807, 2.05) is 0 Å². The van der Waals surface area contributed by atoms with Crippen molar-refractivity contribution in [1.82, 2.24) is 0 Å². The van der Waals surface area contributed by atoms with Crippen LogP contribution in [0.3, 0.4) is 0 Å². The predicted molar refractivity (Wildman–Crippen MR) is 105 cm³/mol. The van der Waals surface area contributed by atoms with E-state index in [-0.39, 0.29) is 0 Å². The molecule has 4 rings (SSSR count). The lowest BCUT2D eigenvalue weighted by Crippen LogP contribution is -2.53. The third-order valence-corrected chi connectivity index (χ3v) is 9.84. The van der Waals surface area contributed by atoms with Crippen molar-refractivity contribution in [3.63, 3.8) is 0 Å². The van der Waals surface area contributed by atoms with E-state index in [2.05, 4.69) is 19.9 Å². The van der Waals surface area contributed by atoms with Crippen LogP contribution in [0.25, 0.3) is 0 Å². The van der Waals surface area contributed by atoms with Gasteiger partial charge in [0.25, 0.3) is 0 Å². The zero-order valence-corrected chi connectivity index (χ0v) is 16.5. The van der Waals surface area contributed by atoms with Crippen LogP contribution in [0.5, 0.6) is 0 Å². The largest absolute Gasteiger partial charge is 0.176 e. The molecule has 3 unspecified atom stereocenters. The van der Waals surface area contributed by atoms with E-state index in [1.165, 1.54) is 44.9 Å². The van der Waals surface area contributed by atoms with Crippen molar-refractivity contribution < 1.29 is 0 Å². The number of rotatable bonds is 0. The first-order chi connectivity index (χ1) is 10.4. The Morgan fingerprint density at radius 3 is 2.50 bits per heavy atom. The minimum Gasteiger partial charge on any atom is -0.176 e. The van der Waals surface area contributed by atoms with E-state index in [4.69, 9.17) is 37.9 Å². The Balaban J connectivity index is 1.73. The third-order valence-electron chi connectivity index (χ3n) is 8.05. The van der Waals surface area contributed by atoms with Gasteiger partial charge in [-0.1, -0.05) is 25.5 Å². The van der Waals surface area contributed by atoms with Crippen molar-refractivity contribution in [2.45, 2.75) is 74.5 Å². The molecule has 3 saturated carbocycles. The fourth-order valence-electron chi connectivity index (χ4n) is 6.60. The Hall–Kier alpha value is 0.790. The van der Waals surface area contributed by atoms with Gasteiger partial charge < -0.3 is 0 Å². The molecular weight excluding hydrogens is 324 g/mol. The summed E-state index contributed by atoms with van der Waals surface area (Å²) < 4.78 is 0. The maximum absolute atomic E-state index is 5.09. The number of fused-ring (bicyclic) bond motifs is 5. The van der Waals surface area contributed by atoms with Gasteiger partial charge in [0.05, 0.1) is 0 Å². The molecule has 0 spiro atoms. The minimum atomic E-state index is 0.430. The van der Waals surface area contributed by atoms with Gasteiger partial charge in [0.2, 0.25) is 0 Å². The molecule has 8 atom stereocenters. The molecule has 22 heavy (non-hydrogen) atoms. The van der Waals surface area contributed by atoms with Crippen LogP contribution in [-0.4, -0.2) is 15.7 Å². The standard InChI is InChI=1S/C19H30S3/c1-18-7-5-12(20)9-11(18)10-15(21)17-13-3-4-16(22)19(13,2)8-6-14(17)18/h10,12-17,20-22H,3-9H2,1-2H3/t12?,13-,14+,15?,16?,17-,18-,19-/m0/s1. The van der Waals surface area contributed by atoms with Gasteiger partial charge in [-0.05, 0) is 73.5 Å². The Morgan fingerprint density at radius 1 is 0.955 bits per heavy atom. The van der Waals surface area contributed by atoms with Crippen molar-refractivity contribution in [2.24, 2.45) is 28.6 Å². The maximum Gasteiger partial charge on any atom is 0.0233 e. The Kier molecular flexibility index (Phi) is 3.99. The SMILES string of the molecule is C[C@]12CCC(S)CC1=CC(S)[C@@H]1[C@H]2CC[C@]2(C)C(S)CC[C@@H]12. The molecule has 0 aromatic heterocycles. The molecule has 4 aliphatic rings. The number of thiol groups is 3. The van der Waals surface area contributed by atoms with Crippen LogP contribution in [0, 0.1) is 28.6 Å². The topological polar surface area (TPSA) is 0 Å². The molecule has 0 amide bonds. The maximum atomic E-state index is 5.09. The lowest BCUT2D eigenvalue weighted by molar-refractivity contribution is -0.0194. The molecule has 0 N–H and O–H groups in total. The predicted octanol–water partition coefficient (Wildman–Crippen LogP) is 5.45. The molecule has 0 nitrogen and oxygen atoms in total. The number of hydrogen-bond acceptors (Lipinski definition) is 3. The molecule has 0 aliphatic heterocycles. The zero-order chi connectivity index (χ0) is 15.7. The van der Waals surface area contributed by atoms with Crippen LogP contribution >= 0.6 is 37.9 Å². The van der Waals surface area contributed by atoms with Crippen LogP contribution < -0.4 is 0 Å². The molecule has 3 fully saturated rings. The zero-order valence-electron chi connectivity index (χ0n) is 13.8. The first kappa shape index (κ1) is 16.3. The number of allylic oxidation sites excluding steroid dienone is 1. The molecule has 0 saturated heterocycles. The summed E-state index contributed by atoms with van der Waals surface area (Å²) in [6.45, 7) is 5.08. The van der Waals surface area contributed by atoms with Gasteiger partial charge in [0.1, 0.15) is 0 Å². The summed E-state index contributed by atoms with van der Waals surface area (Å²) in [5.74, 6) is 2.44. The fourth-order valence-corrected chi connectivity index (χ4v) is 7.99. The molecule has 0 aromatic rings. The fraction of sp³-hybridized carbons (Fsp3) is 0.895. The van der Waals surface area contributed by atoms with Crippen LogP contribution in [-0.2, 0) is 0 Å². The van der Waals surface area contributed by atoms with Crippen molar-refractivity contribution in [3.8, 4) is 0 Å². The quantitative estimate of drug-likeness (QED) is 0.374. The second-order valence-electron chi connectivity index (χ2n) is 8.92. The molecule has 0 aromatic carbocycles. The highest BCUT2D eigenvalue weighted by Gasteiger charge is 2.59. The average Bonchev–Trinajstić information content (AvgIpc) is 2.77. The molecule has 3 heteroatoms. The lowest BCUT2D eigenvalue weighted by Gasteiger charge is -2.59. The van der Waals surface area contributed by atoms with E-state index in [1.54, 1.807) is 5.57 Å². The van der Waals surface area contributed by atoms with Crippen molar-refractivity contribution in [2.75, 3.05) is 0 Å². The monoisotopic (exact) mass is 354 g/mol. The van der Waals surface area contributed by atoms with E-state index >= 15 is 0 Å². The Bertz CT molecular complexity index is 501. The van der Waals surface area contributed by atoms with Crippen molar-refractivity contribution in [1.29, 1.82) is 0 Å². The van der Waals surface area contributed by atoms with Gasteiger partial charge in [-0.2, -0.15) is 37.9 Å². The smallest absolute Gasteiger partial charge is 0.0233 e. The van der Waals surface area contributed by atoms with Crippen LogP contribution in [0.15, 0.2) is 11.6 Å². The highest BCUT2D eigenvalue weighted by molar-refractivity contribution is 7.81. The molecule has 124 valence electrons. The summed E-state index contributed by atoms with van der Waals surface area (Å²) in [6, 6.07) is 0. The highest BCUT2D eigenvalue weighted by Crippen LogP contribution is 2.66. The van der Waals surface area contributed by atoms with Crippen LogP contribution in [0.4, 0.5) is 0 Å². The summed E-state index contributed by atoms with van der Waals surface area (Å²) in [5, 5.41) is 1.62. The first-order valence-electron chi connectivity index (χ1n) is 9.11. The molecular formula is C19H30S3. The molecule has 0 radical (unpaired) electrons. The Morgan fingerprint density at radius 2 is 1.73 bits per heavy atom. The van der Waals surface area contributed by atoms with Gasteiger partial charge in [-0.3, -0.25) is 0 Å². The van der Waals surface area contributed by atoms with Gasteiger partial charge in [0.15, 0.2) is 0 Å². The van der Waals surface area contributed by atoms with Gasteiger partial charge in [-0.15, -0.1) is 0 Å². The molecule has 0 bridgehead atoms. The summed E-state index contributed by atoms with van der Waals surface area (Å²) in [4.78, 5) is 0. The second kappa shape index (κ2) is 5.39. The Labute approximate surface area is 152 Å². The normalized spacial score (nSPS) is 57.6. The van der Waals surface area contributed by atoms with Crippen molar-refractivity contribution in [3.05, 3.63) is 11.6 Å². The summed E-state index contributed by atoms with van der Waals surface area (Å²) >= 11 is 14.8. The summed E-state index contributed by atoms with van der Waals surface area (Å²) in [5.41, 5.74) is 2.57. The van der Waals surface area contributed by atoms with Gasteiger partial charge in [0, 0.05) is 15.7 Å². The van der Waals surface area contributed by atoms with Gasteiger partial charge >= 0.3 is 0 Å².